The Morgan fingerprint density at radius 3 is 2.50 bits per heavy atom. The van der Waals surface area contributed by atoms with Gasteiger partial charge in [0.15, 0.2) is 0 Å². The van der Waals surface area contributed by atoms with Gasteiger partial charge in [-0.25, -0.2) is 17.5 Å². The molecule has 2 aromatic rings. The number of fused-ring (bicyclic) bond motifs is 1. The van der Waals surface area contributed by atoms with Crippen molar-refractivity contribution in [3.63, 3.8) is 0 Å². The minimum atomic E-state index is -3.21. The molecule has 2 fully saturated rings. The predicted octanol–water partition coefficient (Wildman–Crippen LogP) is 4.38. The van der Waals surface area contributed by atoms with Crippen LogP contribution in [-0.2, 0) is 32.6 Å². The maximum absolute atomic E-state index is 13.2. The van der Waals surface area contributed by atoms with Crippen molar-refractivity contribution in [2.75, 3.05) is 48.4 Å². The predicted molar refractivity (Wildman–Crippen MR) is 168 cm³/mol. The fourth-order valence-electron chi connectivity index (χ4n) is 5.90. The lowest BCUT2D eigenvalue weighted by atomic mass is 10.00. The minimum absolute atomic E-state index is 0.0122. The molecule has 2 saturated heterocycles. The highest BCUT2D eigenvalue weighted by Gasteiger charge is 2.35. The molecule has 0 aromatic heterocycles. The number of anilines is 1. The van der Waals surface area contributed by atoms with Crippen LogP contribution in [-0.4, -0.2) is 85.2 Å². The zero-order chi connectivity index (χ0) is 29.7. The number of ether oxygens (including phenoxy) is 3. The van der Waals surface area contributed by atoms with Crippen LogP contribution >= 0.6 is 22.6 Å². The molecule has 0 saturated carbocycles. The van der Waals surface area contributed by atoms with Crippen molar-refractivity contribution in [3.8, 4) is 11.5 Å². The van der Waals surface area contributed by atoms with Gasteiger partial charge in [0.2, 0.25) is 15.9 Å². The average molecular weight is 712 g/mol. The Bertz CT molecular complexity index is 1370. The second kappa shape index (κ2) is 13.8. The first kappa shape index (κ1) is 30.9. The quantitative estimate of drug-likeness (QED) is 0.266. The van der Waals surface area contributed by atoms with Crippen molar-refractivity contribution in [2.24, 2.45) is 0 Å². The van der Waals surface area contributed by atoms with Gasteiger partial charge in [0, 0.05) is 53.8 Å². The van der Waals surface area contributed by atoms with Gasteiger partial charge in [-0.05, 0) is 44.2 Å². The van der Waals surface area contributed by atoms with E-state index in [1.165, 1.54) is 0 Å². The van der Waals surface area contributed by atoms with Crippen molar-refractivity contribution < 1.29 is 32.2 Å². The van der Waals surface area contributed by atoms with Crippen LogP contribution in [0.25, 0.3) is 0 Å². The third kappa shape index (κ3) is 7.13. The minimum Gasteiger partial charge on any atom is -0.496 e. The maximum atomic E-state index is 13.2. The van der Waals surface area contributed by atoms with Gasteiger partial charge in [-0.2, -0.15) is 0 Å². The van der Waals surface area contributed by atoms with Gasteiger partial charge >= 0.3 is 6.09 Å². The van der Waals surface area contributed by atoms with Gasteiger partial charge in [0.25, 0.3) is 0 Å². The SMILES string of the molecule is COc1cc(OC2CCN(S(=O)(=O)CCCI)CC2)ccc1CC(=O)N1CCC(N2C(=O)OCc3ccccc32)CC1. The van der Waals surface area contributed by atoms with Gasteiger partial charge < -0.3 is 19.1 Å². The molecule has 0 radical (unpaired) electrons. The molecule has 0 N–H and O–H groups in total. The third-order valence-electron chi connectivity index (χ3n) is 8.21. The van der Waals surface area contributed by atoms with Gasteiger partial charge in [-0.1, -0.05) is 46.9 Å². The van der Waals surface area contributed by atoms with Crippen molar-refractivity contribution in [1.29, 1.82) is 0 Å². The van der Waals surface area contributed by atoms with Crippen LogP contribution < -0.4 is 14.4 Å². The molecule has 3 heterocycles. The second-order valence-electron chi connectivity index (χ2n) is 10.9. The summed E-state index contributed by atoms with van der Waals surface area (Å²) in [7, 11) is -1.63. The molecule has 3 aliphatic heterocycles. The zero-order valence-corrected chi connectivity index (χ0v) is 26.8. The number of amides is 2. The molecule has 42 heavy (non-hydrogen) atoms. The van der Waals surface area contributed by atoms with Crippen LogP contribution in [0.5, 0.6) is 11.5 Å². The lowest BCUT2D eigenvalue weighted by Crippen LogP contribution is -2.50. The molecule has 10 nitrogen and oxygen atoms in total. The van der Waals surface area contributed by atoms with E-state index in [-0.39, 0.29) is 42.9 Å². The standard InChI is InChI=1S/C30H38IN3O7S/c1-39-28-20-26(41-25-11-16-33(17-12-25)42(37,38)18-4-13-31)8-7-22(28)19-29(35)32-14-9-24(10-15-32)34-27-6-3-2-5-23(27)21-40-30(34)36/h2-3,5-8,20,24-25H,4,9-19,21H2,1H3. The Kier molecular flexibility index (Phi) is 10.1. The average Bonchev–Trinajstić information content (AvgIpc) is 3.01. The molecule has 0 atom stereocenters. The summed E-state index contributed by atoms with van der Waals surface area (Å²) in [6.07, 6.45) is 3.07. The number of carbonyl (C=O) groups excluding carboxylic acids is 2. The second-order valence-corrected chi connectivity index (χ2v) is 14.1. The summed E-state index contributed by atoms with van der Waals surface area (Å²) >= 11 is 2.20. The number of alkyl halides is 1. The number of likely N-dealkylation sites (tertiary alicyclic amines) is 1. The highest BCUT2D eigenvalue weighted by atomic mass is 127. The highest BCUT2D eigenvalue weighted by molar-refractivity contribution is 14.1. The van der Waals surface area contributed by atoms with Crippen molar-refractivity contribution in [1.82, 2.24) is 9.21 Å². The first-order valence-electron chi connectivity index (χ1n) is 14.5. The normalized spacial score (nSPS) is 18.9. The number of methoxy groups -OCH3 is 1. The molecule has 0 aliphatic carbocycles. The Hall–Kier alpha value is -2.58. The van der Waals surface area contributed by atoms with E-state index in [9.17, 15) is 18.0 Å². The Morgan fingerprint density at radius 1 is 1.05 bits per heavy atom. The third-order valence-corrected chi connectivity index (χ3v) is 10.9. The summed E-state index contributed by atoms with van der Waals surface area (Å²) in [6, 6.07) is 13.3. The van der Waals surface area contributed by atoms with Crippen LogP contribution in [0.3, 0.4) is 0 Å². The molecule has 2 aromatic carbocycles. The number of piperidine rings is 2. The van der Waals surface area contributed by atoms with Crippen molar-refractivity contribution in [2.45, 2.75) is 57.3 Å². The number of benzene rings is 2. The lowest BCUT2D eigenvalue weighted by molar-refractivity contribution is -0.131. The van der Waals surface area contributed by atoms with Gasteiger partial charge in [-0.15, -0.1) is 0 Å². The van der Waals surface area contributed by atoms with Gasteiger partial charge in [0.05, 0.1) is 25.0 Å². The summed E-state index contributed by atoms with van der Waals surface area (Å²) in [5.74, 6) is 1.43. The van der Waals surface area contributed by atoms with Crippen molar-refractivity contribution >= 4 is 50.3 Å². The fourth-order valence-corrected chi connectivity index (χ4v) is 8.33. The summed E-state index contributed by atoms with van der Waals surface area (Å²) < 4.78 is 44.6. The fraction of sp³-hybridized carbons (Fsp3) is 0.533. The lowest BCUT2D eigenvalue weighted by Gasteiger charge is -2.40. The van der Waals surface area contributed by atoms with E-state index in [2.05, 4.69) is 22.6 Å². The number of sulfonamides is 1. The van der Waals surface area contributed by atoms with E-state index in [0.29, 0.717) is 69.8 Å². The molecule has 3 aliphatic rings. The molecular formula is C30H38IN3O7S. The van der Waals surface area contributed by atoms with Gasteiger partial charge in [-0.3, -0.25) is 9.69 Å². The number of hydrogen-bond donors (Lipinski definition) is 0. The number of halogens is 1. The summed E-state index contributed by atoms with van der Waals surface area (Å²) in [4.78, 5) is 29.4. The Labute approximate surface area is 261 Å². The van der Waals surface area contributed by atoms with E-state index in [0.717, 1.165) is 21.2 Å². The monoisotopic (exact) mass is 711 g/mol. The van der Waals surface area contributed by atoms with Crippen LogP contribution in [0, 0.1) is 0 Å². The van der Waals surface area contributed by atoms with E-state index in [1.54, 1.807) is 22.4 Å². The number of nitrogens with zero attached hydrogens (tertiary/aromatic N) is 3. The van der Waals surface area contributed by atoms with Crippen LogP contribution in [0.15, 0.2) is 42.5 Å². The van der Waals surface area contributed by atoms with Crippen LogP contribution in [0.4, 0.5) is 10.5 Å². The number of hydrogen-bond acceptors (Lipinski definition) is 7. The number of para-hydroxylation sites is 1. The van der Waals surface area contributed by atoms with E-state index in [4.69, 9.17) is 14.2 Å². The molecule has 0 unspecified atom stereocenters. The molecule has 228 valence electrons. The molecule has 5 rings (SSSR count). The molecule has 12 heteroatoms. The Morgan fingerprint density at radius 2 is 1.79 bits per heavy atom. The molecular weight excluding hydrogens is 673 g/mol. The van der Waals surface area contributed by atoms with E-state index in [1.807, 2.05) is 41.3 Å². The molecule has 0 spiro atoms. The molecule has 0 bridgehead atoms. The number of cyclic esters (lactones) is 1. The largest absolute Gasteiger partial charge is 0.496 e. The highest BCUT2D eigenvalue weighted by Crippen LogP contribution is 2.33. The molecule has 2 amide bonds. The van der Waals surface area contributed by atoms with E-state index < -0.39 is 10.0 Å². The number of rotatable bonds is 10. The van der Waals surface area contributed by atoms with Gasteiger partial charge in [0.1, 0.15) is 24.2 Å². The smallest absolute Gasteiger partial charge is 0.414 e. The summed E-state index contributed by atoms with van der Waals surface area (Å²) in [5, 5.41) is 0. The number of carbonyl (C=O) groups is 2. The first-order valence-corrected chi connectivity index (χ1v) is 17.6. The van der Waals surface area contributed by atoms with E-state index >= 15 is 0 Å². The topological polar surface area (TPSA) is 106 Å². The zero-order valence-electron chi connectivity index (χ0n) is 23.9. The first-order chi connectivity index (χ1) is 20.3. The maximum Gasteiger partial charge on any atom is 0.414 e. The van der Waals surface area contributed by atoms with Crippen LogP contribution in [0.2, 0.25) is 0 Å². The summed E-state index contributed by atoms with van der Waals surface area (Å²) in [6.45, 7) is 2.33. The van der Waals surface area contributed by atoms with Crippen molar-refractivity contribution in [3.05, 3.63) is 53.6 Å². The van der Waals surface area contributed by atoms with Crippen LogP contribution in [0.1, 0.15) is 43.2 Å². The summed E-state index contributed by atoms with van der Waals surface area (Å²) in [5.41, 5.74) is 2.67. The Balaban J connectivity index is 1.13.